The SMILES string of the molecule is Cc1ccc(S(=O)(=O)N=NC2=C[C@H]3CC4(C[C@H]3C2)OCC(C)(C)CO4)cc1. The van der Waals surface area contributed by atoms with Crippen LogP contribution in [0, 0.1) is 24.2 Å². The van der Waals surface area contributed by atoms with Gasteiger partial charge in [-0.1, -0.05) is 42.1 Å². The zero-order chi connectivity index (χ0) is 19.3. The van der Waals surface area contributed by atoms with Gasteiger partial charge in [0.15, 0.2) is 5.79 Å². The Morgan fingerprint density at radius 1 is 1.07 bits per heavy atom. The van der Waals surface area contributed by atoms with Crippen molar-refractivity contribution < 1.29 is 17.9 Å². The van der Waals surface area contributed by atoms with E-state index in [0.717, 1.165) is 30.5 Å². The van der Waals surface area contributed by atoms with Crippen LogP contribution in [0.3, 0.4) is 0 Å². The van der Waals surface area contributed by atoms with Gasteiger partial charge in [0.2, 0.25) is 0 Å². The Morgan fingerprint density at radius 3 is 2.37 bits per heavy atom. The van der Waals surface area contributed by atoms with Gasteiger partial charge in [-0.25, -0.2) is 0 Å². The summed E-state index contributed by atoms with van der Waals surface area (Å²) in [4.78, 5) is 0.168. The van der Waals surface area contributed by atoms with E-state index in [1.165, 1.54) is 0 Å². The number of nitrogens with zero attached hydrogens (tertiary/aromatic N) is 2. The first-order valence-corrected chi connectivity index (χ1v) is 10.8. The van der Waals surface area contributed by atoms with E-state index in [9.17, 15) is 8.42 Å². The van der Waals surface area contributed by atoms with Crippen molar-refractivity contribution in [2.75, 3.05) is 13.2 Å². The highest BCUT2D eigenvalue weighted by atomic mass is 32.2. The Labute approximate surface area is 160 Å². The predicted molar refractivity (Wildman–Crippen MR) is 101 cm³/mol. The van der Waals surface area contributed by atoms with Crippen molar-refractivity contribution in [3.8, 4) is 0 Å². The molecule has 1 spiro atoms. The van der Waals surface area contributed by atoms with Crippen molar-refractivity contribution in [3.05, 3.63) is 41.6 Å². The molecule has 4 rings (SSSR count). The minimum atomic E-state index is -3.76. The summed E-state index contributed by atoms with van der Waals surface area (Å²) in [6, 6.07) is 6.63. The third-order valence-electron chi connectivity index (χ3n) is 5.65. The minimum Gasteiger partial charge on any atom is -0.349 e. The van der Waals surface area contributed by atoms with Crippen molar-refractivity contribution in [2.24, 2.45) is 26.9 Å². The normalized spacial score (nSPS) is 29.2. The maximum Gasteiger partial charge on any atom is 0.299 e. The smallest absolute Gasteiger partial charge is 0.299 e. The lowest BCUT2D eigenvalue weighted by Gasteiger charge is -2.41. The van der Waals surface area contributed by atoms with E-state index in [-0.39, 0.29) is 10.3 Å². The number of rotatable bonds is 3. The zero-order valence-corrected chi connectivity index (χ0v) is 16.8. The molecule has 1 aromatic carbocycles. The van der Waals surface area contributed by atoms with Gasteiger partial charge in [-0.05, 0) is 37.3 Å². The molecule has 0 aromatic heterocycles. The Hall–Kier alpha value is -1.57. The van der Waals surface area contributed by atoms with Crippen LogP contribution in [0.4, 0.5) is 0 Å². The summed E-state index contributed by atoms with van der Waals surface area (Å²) in [5, 5.41) is 4.05. The van der Waals surface area contributed by atoms with Gasteiger partial charge in [-0.2, -0.15) is 8.42 Å². The number of fused-ring (bicyclic) bond motifs is 1. The molecular weight excluding hydrogens is 364 g/mol. The monoisotopic (exact) mass is 390 g/mol. The second kappa shape index (κ2) is 6.50. The number of aryl methyl sites for hydroxylation is 1. The molecule has 1 aliphatic heterocycles. The van der Waals surface area contributed by atoms with E-state index >= 15 is 0 Å². The van der Waals surface area contributed by atoms with Gasteiger partial charge in [-0.3, -0.25) is 0 Å². The molecule has 0 radical (unpaired) electrons. The molecule has 27 heavy (non-hydrogen) atoms. The molecule has 1 heterocycles. The van der Waals surface area contributed by atoms with Gasteiger partial charge in [0, 0.05) is 18.3 Å². The molecule has 0 N–H and O–H groups in total. The summed E-state index contributed by atoms with van der Waals surface area (Å²) < 4.78 is 40.5. The van der Waals surface area contributed by atoms with Crippen molar-refractivity contribution in [1.29, 1.82) is 0 Å². The third-order valence-corrected chi connectivity index (χ3v) is 6.82. The molecule has 0 amide bonds. The lowest BCUT2D eigenvalue weighted by Crippen LogP contribution is -2.46. The summed E-state index contributed by atoms with van der Waals surface area (Å²) in [5.74, 6) is 0.211. The van der Waals surface area contributed by atoms with Crippen LogP contribution in [0.15, 0.2) is 50.6 Å². The number of sulfonamides is 1. The molecule has 2 fully saturated rings. The highest BCUT2D eigenvalue weighted by Crippen LogP contribution is 2.52. The van der Waals surface area contributed by atoms with Gasteiger partial charge >= 0.3 is 0 Å². The largest absolute Gasteiger partial charge is 0.349 e. The van der Waals surface area contributed by atoms with E-state index < -0.39 is 15.8 Å². The average Bonchev–Trinajstić information content (AvgIpc) is 3.12. The molecule has 0 bridgehead atoms. The average molecular weight is 391 g/mol. The number of allylic oxidation sites excluding steroid dienone is 2. The minimum absolute atomic E-state index is 0.0580. The number of benzene rings is 1. The van der Waals surface area contributed by atoms with E-state index in [2.05, 4.69) is 23.5 Å². The summed E-state index contributed by atoms with van der Waals surface area (Å²) in [6.07, 6.45) is 4.39. The summed E-state index contributed by atoms with van der Waals surface area (Å²) in [6.45, 7) is 7.60. The lowest BCUT2D eigenvalue weighted by molar-refractivity contribution is -0.296. The van der Waals surface area contributed by atoms with E-state index in [4.69, 9.17) is 9.47 Å². The van der Waals surface area contributed by atoms with Crippen molar-refractivity contribution in [2.45, 2.75) is 50.7 Å². The van der Waals surface area contributed by atoms with Crippen LogP contribution in [0.2, 0.25) is 0 Å². The first-order valence-electron chi connectivity index (χ1n) is 9.40. The van der Waals surface area contributed by atoms with Crippen molar-refractivity contribution >= 4 is 10.0 Å². The lowest BCUT2D eigenvalue weighted by atomic mass is 9.94. The van der Waals surface area contributed by atoms with Gasteiger partial charge in [0.25, 0.3) is 10.0 Å². The topological polar surface area (TPSA) is 77.3 Å². The maximum absolute atomic E-state index is 12.3. The van der Waals surface area contributed by atoms with Crippen LogP contribution in [0.25, 0.3) is 0 Å². The van der Waals surface area contributed by atoms with Gasteiger partial charge in [0.1, 0.15) is 0 Å². The third kappa shape index (κ3) is 3.86. The van der Waals surface area contributed by atoms with Crippen molar-refractivity contribution in [1.82, 2.24) is 0 Å². The summed E-state index contributed by atoms with van der Waals surface area (Å²) in [5.41, 5.74) is 1.80. The fourth-order valence-electron chi connectivity index (χ4n) is 4.07. The molecule has 3 aliphatic rings. The van der Waals surface area contributed by atoms with Gasteiger partial charge in [0.05, 0.1) is 23.8 Å². The molecule has 1 aromatic rings. The molecule has 1 saturated carbocycles. The highest BCUT2D eigenvalue weighted by molar-refractivity contribution is 7.90. The van der Waals surface area contributed by atoms with Gasteiger partial charge in [-0.15, -0.1) is 5.11 Å². The molecule has 2 aliphatic carbocycles. The first kappa shape index (κ1) is 18.8. The molecule has 6 nitrogen and oxygen atoms in total. The Bertz CT molecular complexity index is 877. The first-order chi connectivity index (χ1) is 12.7. The number of ether oxygens (including phenoxy) is 2. The predicted octanol–water partition coefficient (Wildman–Crippen LogP) is 4.22. The number of hydrogen-bond acceptors (Lipinski definition) is 5. The molecule has 146 valence electrons. The second-order valence-electron chi connectivity index (χ2n) is 8.82. The van der Waals surface area contributed by atoms with Crippen LogP contribution in [0.5, 0.6) is 0 Å². The molecular formula is C20H26N2O4S. The van der Waals surface area contributed by atoms with Gasteiger partial charge < -0.3 is 9.47 Å². The van der Waals surface area contributed by atoms with Crippen LogP contribution in [-0.4, -0.2) is 27.4 Å². The van der Waals surface area contributed by atoms with Crippen LogP contribution < -0.4 is 0 Å². The highest BCUT2D eigenvalue weighted by Gasteiger charge is 2.51. The van der Waals surface area contributed by atoms with Crippen molar-refractivity contribution in [3.63, 3.8) is 0 Å². The molecule has 2 atom stereocenters. The van der Waals surface area contributed by atoms with E-state index in [0.29, 0.717) is 25.0 Å². The van der Waals surface area contributed by atoms with Crippen LogP contribution >= 0.6 is 0 Å². The molecule has 0 unspecified atom stereocenters. The summed E-state index contributed by atoms with van der Waals surface area (Å²) >= 11 is 0. The standard InChI is InChI=1S/C20H26N2O4S/c1-14-4-6-18(7-5-14)27(23,24)22-21-17-8-15-10-20(11-16(15)9-17)25-12-19(2,3)13-26-20/h4-8,15-16H,9-13H2,1-3H3/t15-,16+/m0/s1. The fraction of sp³-hybridized carbons (Fsp3) is 0.600. The zero-order valence-electron chi connectivity index (χ0n) is 16.0. The van der Waals surface area contributed by atoms with E-state index in [1.54, 1.807) is 24.3 Å². The van der Waals surface area contributed by atoms with Crippen LogP contribution in [0.1, 0.15) is 38.7 Å². The Kier molecular flexibility index (Phi) is 4.52. The Morgan fingerprint density at radius 2 is 1.74 bits per heavy atom. The van der Waals surface area contributed by atoms with Crippen LogP contribution in [-0.2, 0) is 19.5 Å². The molecule has 7 heteroatoms. The quantitative estimate of drug-likeness (QED) is 0.724. The fourth-order valence-corrected chi connectivity index (χ4v) is 4.86. The summed E-state index contributed by atoms with van der Waals surface area (Å²) in [7, 11) is -3.76. The number of hydrogen-bond donors (Lipinski definition) is 0. The second-order valence-corrected chi connectivity index (χ2v) is 10.4. The molecule has 1 saturated heterocycles. The Balaban J connectivity index is 1.42. The van der Waals surface area contributed by atoms with E-state index in [1.807, 2.05) is 13.0 Å². The maximum atomic E-state index is 12.3.